The second-order valence-electron chi connectivity index (χ2n) is 9.17. The molecule has 0 radical (unpaired) electrons. The van der Waals surface area contributed by atoms with Gasteiger partial charge in [-0.1, -0.05) is 30.3 Å². The molecule has 0 saturated carbocycles. The molecule has 0 spiro atoms. The molecular formula is C28H28FN7O. The van der Waals surface area contributed by atoms with Crippen LogP contribution in [0.1, 0.15) is 5.56 Å². The molecule has 2 aromatic carbocycles. The third-order valence-electron chi connectivity index (χ3n) is 6.70. The third-order valence-corrected chi connectivity index (χ3v) is 6.70. The van der Waals surface area contributed by atoms with Gasteiger partial charge in [0.2, 0.25) is 5.95 Å². The molecule has 0 unspecified atom stereocenters. The van der Waals surface area contributed by atoms with E-state index >= 15 is 0 Å². The summed E-state index contributed by atoms with van der Waals surface area (Å²) < 4.78 is 20.9. The zero-order valence-electron chi connectivity index (χ0n) is 20.4. The van der Waals surface area contributed by atoms with Crippen LogP contribution in [0.2, 0.25) is 0 Å². The van der Waals surface area contributed by atoms with Crippen LogP contribution in [-0.2, 0) is 6.54 Å². The van der Waals surface area contributed by atoms with Crippen LogP contribution < -0.4 is 5.32 Å². The Balaban J connectivity index is 1.10. The van der Waals surface area contributed by atoms with Crippen LogP contribution >= 0.6 is 0 Å². The number of nitrogens with zero attached hydrogens (tertiary/aromatic N) is 6. The van der Waals surface area contributed by atoms with E-state index in [0.717, 1.165) is 57.1 Å². The average Bonchev–Trinajstić information content (AvgIpc) is 3.53. The van der Waals surface area contributed by atoms with Crippen molar-refractivity contribution in [2.24, 2.45) is 0 Å². The van der Waals surface area contributed by atoms with Gasteiger partial charge in [0.15, 0.2) is 0 Å². The number of aromatic nitrogens is 4. The number of anilines is 1. The Labute approximate surface area is 214 Å². The van der Waals surface area contributed by atoms with Gasteiger partial charge < -0.3 is 9.73 Å². The van der Waals surface area contributed by atoms with Gasteiger partial charge in [-0.25, -0.2) is 14.4 Å². The van der Waals surface area contributed by atoms with Gasteiger partial charge in [0.25, 0.3) is 0 Å². The number of nitrogens with one attached hydrogen (secondary N) is 1. The lowest BCUT2D eigenvalue weighted by Crippen LogP contribution is -2.47. The van der Waals surface area contributed by atoms with E-state index in [1.54, 1.807) is 30.8 Å². The Morgan fingerprint density at radius 3 is 2.49 bits per heavy atom. The minimum Gasteiger partial charge on any atom is -0.432 e. The molecule has 0 aliphatic carbocycles. The molecule has 8 nitrogen and oxygen atoms in total. The highest BCUT2D eigenvalue weighted by Gasteiger charge is 2.20. The van der Waals surface area contributed by atoms with Gasteiger partial charge in [-0.15, -0.1) is 0 Å². The summed E-state index contributed by atoms with van der Waals surface area (Å²) in [6.45, 7) is 6.90. The number of rotatable bonds is 8. The normalized spacial score (nSPS) is 14.8. The molecule has 4 heterocycles. The fourth-order valence-electron chi connectivity index (χ4n) is 4.75. The topological polar surface area (TPSA) is 74.7 Å². The largest absolute Gasteiger partial charge is 0.432 e. The molecule has 1 fully saturated rings. The molecule has 5 aromatic rings. The second-order valence-corrected chi connectivity index (χ2v) is 9.17. The molecule has 0 atom stereocenters. The lowest BCUT2D eigenvalue weighted by molar-refractivity contribution is 0.130. The summed E-state index contributed by atoms with van der Waals surface area (Å²) >= 11 is 0. The van der Waals surface area contributed by atoms with E-state index in [0.29, 0.717) is 23.2 Å². The predicted molar refractivity (Wildman–Crippen MR) is 141 cm³/mol. The standard InChI is InChI=1S/C28H28FN7O/c29-23-8-6-22(7-9-23)25-26(36-18-19-37-28(36)33-25)24-10-11-30-27(32-24)31-12-13-34-14-16-35(17-15-34)20-21-4-2-1-3-5-21/h1-11,18-19H,12-17,20H2,(H,30,31,32). The molecule has 1 N–H and O–H groups in total. The number of hydrogen-bond donors (Lipinski definition) is 1. The number of benzene rings is 2. The van der Waals surface area contributed by atoms with Crippen molar-refractivity contribution in [2.45, 2.75) is 6.54 Å². The highest BCUT2D eigenvalue weighted by molar-refractivity contribution is 5.79. The molecule has 1 aliphatic heterocycles. The lowest BCUT2D eigenvalue weighted by Gasteiger charge is -2.34. The third kappa shape index (κ3) is 5.23. The Kier molecular flexibility index (Phi) is 6.62. The highest BCUT2D eigenvalue weighted by Crippen LogP contribution is 2.32. The number of imidazole rings is 1. The molecule has 3 aromatic heterocycles. The summed E-state index contributed by atoms with van der Waals surface area (Å²) in [5.74, 6) is 0.719. The SMILES string of the molecule is Fc1ccc(-c2nc3occn3c2-c2ccnc(NCCN3CCN(Cc4ccccc4)CC3)n2)cc1. The number of halogens is 1. The Morgan fingerprint density at radius 2 is 1.68 bits per heavy atom. The average molecular weight is 498 g/mol. The summed E-state index contributed by atoms with van der Waals surface area (Å²) in [5, 5.41) is 3.37. The zero-order valence-corrected chi connectivity index (χ0v) is 20.4. The van der Waals surface area contributed by atoms with Crippen molar-refractivity contribution in [3.05, 3.63) is 90.7 Å². The summed E-state index contributed by atoms with van der Waals surface area (Å²) in [4.78, 5) is 18.8. The van der Waals surface area contributed by atoms with Gasteiger partial charge in [0.1, 0.15) is 23.5 Å². The van der Waals surface area contributed by atoms with Crippen LogP contribution in [0, 0.1) is 5.82 Å². The van der Waals surface area contributed by atoms with E-state index in [1.165, 1.54) is 17.7 Å². The van der Waals surface area contributed by atoms with Crippen LogP contribution in [0.3, 0.4) is 0 Å². The summed E-state index contributed by atoms with van der Waals surface area (Å²) in [5.41, 5.74) is 4.31. The highest BCUT2D eigenvalue weighted by atomic mass is 19.1. The van der Waals surface area contributed by atoms with Crippen LogP contribution in [0.15, 0.2) is 83.7 Å². The van der Waals surface area contributed by atoms with E-state index in [-0.39, 0.29) is 5.82 Å². The van der Waals surface area contributed by atoms with Crippen molar-refractivity contribution in [1.29, 1.82) is 0 Å². The quantitative estimate of drug-likeness (QED) is 0.340. The summed E-state index contributed by atoms with van der Waals surface area (Å²) in [7, 11) is 0. The second kappa shape index (κ2) is 10.5. The molecular weight excluding hydrogens is 469 g/mol. The van der Waals surface area contributed by atoms with Crippen molar-refractivity contribution in [1.82, 2.24) is 29.2 Å². The van der Waals surface area contributed by atoms with Crippen molar-refractivity contribution < 1.29 is 8.81 Å². The maximum atomic E-state index is 13.5. The van der Waals surface area contributed by atoms with E-state index in [2.05, 4.69) is 55.4 Å². The van der Waals surface area contributed by atoms with Crippen molar-refractivity contribution in [2.75, 3.05) is 44.6 Å². The molecule has 1 aliphatic rings. The Hall–Kier alpha value is -4.08. The van der Waals surface area contributed by atoms with Gasteiger partial charge in [0.05, 0.1) is 5.69 Å². The minimum atomic E-state index is -0.292. The van der Waals surface area contributed by atoms with Gasteiger partial charge in [0, 0.05) is 63.8 Å². The van der Waals surface area contributed by atoms with Crippen LogP contribution in [0.25, 0.3) is 28.5 Å². The smallest absolute Gasteiger partial charge is 0.306 e. The number of fused-ring (bicyclic) bond motifs is 1. The molecule has 1 saturated heterocycles. The van der Waals surface area contributed by atoms with Gasteiger partial charge in [-0.2, -0.15) is 4.98 Å². The first-order valence-corrected chi connectivity index (χ1v) is 12.5. The van der Waals surface area contributed by atoms with Crippen LogP contribution in [0.4, 0.5) is 10.3 Å². The minimum absolute atomic E-state index is 0.292. The van der Waals surface area contributed by atoms with Crippen LogP contribution in [0.5, 0.6) is 0 Å². The Morgan fingerprint density at radius 1 is 0.892 bits per heavy atom. The fourth-order valence-corrected chi connectivity index (χ4v) is 4.75. The van der Waals surface area contributed by atoms with E-state index in [9.17, 15) is 4.39 Å². The number of oxazole rings is 1. The monoisotopic (exact) mass is 497 g/mol. The maximum absolute atomic E-state index is 13.5. The van der Waals surface area contributed by atoms with Gasteiger partial charge in [-0.3, -0.25) is 14.2 Å². The fraction of sp³-hybridized carbons (Fsp3) is 0.250. The summed E-state index contributed by atoms with van der Waals surface area (Å²) in [6, 6.07) is 18.8. The van der Waals surface area contributed by atoms with E-state index < -0.39 is 0 Å². The molecule has 6 rings (SSSR count). The molecule has 0 bridgehead atoms. The molecule has 188 valence electrons. The van der Waals surface area contributed by atoms with Gasteiger partial charge in [-0.05, 0) is 35.9 Å². The first-order valence-electron chi connectivity index (χ1n) is 12.5. The molecule has 37 heavy (non-hydrogen) atoms. The van der Waals surface area contributed by atoms with Crippen molar-refractivity contribution >= 4 is 11.8 Å². The zero-order chi connectivity index (χ0) is 25.0. The first kappa shape index (κ1) is 23.3. The van der Waals surface area contributed by atoms with Crippen LogP contribution in [-0.4, -0.2) is 68.4 Å². The molecule has 9 heteroatoms. The molecule has 0 amide bonds. The van der Waals surface area contributed by atoms with Crippen molar-refractivity contribution in [3.63, 3.8) is 0 Å². The first-order chi connectivity index (χ1) is 18.2. The van der Waals surface area contributed by atoms with E-state index in [4.69, 9.17) is 9.40 Å². The number of hydrogen-bond acceptors (Lipinski definition) is 7. The Bertz CT molecular complexity index is 1460. The lowest BCUT2D eigenvalue weighted by atomic mass is 10.1. The van der Waals surface area contributed by atoms with E-state index in [1.807, 2.05) is 10.5 Å². The number of piperazine rings is 1. The summed E-state index contributed by atoms with van der Waals surface area (Å²) in [6.07, 6.45) is 5.12. The van der Waals surface area contributed by atoms with Crippen molar-refractivity contribution in [3.8, 4) is 22.6 Å². The maximum Gasteiger partial charge on any atom is 0.306 e. The predicted octanol–water partition coefficient (Wildman–Crippen LogP) is 4.42. The van der Waals surface area contributed by atoms with Gasteiger partial charge >= 0.3 is 5.84 Å².